The molecule has 1 aromatic heterocycles. The first-order valence-electron chi connectivity index (χ1n) is 4.02. The van der Waals surface area contributed by atoms with Crippen LogP contribution in [0.15, 0.2) is 30.7 Å². The van der Waals surface area contributed by atoms with E-state index in [4.69, 9.17) is 0 Å². The Labute approximate surface area is 75.4 Å². The maximum absolute atomic E-state index is 12.9. The van der Waals surface area contributed by atoms with Gasteiger partial charge in [-0.05, 0) is 24.6 Å². The molecule has 3 heteroatoms. The number of aryl methyl sites for hydroxylation is 1. The van der Waals surface area contributed by atoms with E-state index in [1.165, 1.54) is 12.1 Å². The second-order valence-corrected chi connectivity index (χ2v) is 2.91. The van der Waals surface area contributed by atoms with Crippen molar-refractivity contribution < 1.29 is 4.39 Å². The molecule has 0 aliphatic rings. The highest BCUT2D eigenvalue weighted by atomic mass is 19.1. The minimum Gasteiger partial charge on any atom is -0.351 e. The van der Waals surface area contributed by atoms with Crippen LogP contribution < -0.4 is 0 Å². The molecule has 0 aliphatic carbocycles. The molecular weight excluding hydrogens is 167 g/mol. The zero-order valence-electron chi connectivity index (χ0n) is 7.21. The van der Waals surface area contributed by atoms with Crippen molar-refractivity contribution >= 4 is 0 Å². The van der Waals surface area contributed by atoms with Crippen LogP contribution in [0.1, 0.15) is 5.56 Å². The van der Waals surface area contributed by atoms with Gasteiger partial charge in [0, 0.05) is 11.8 Å². The molecule has 1 heterocycles. The predicted octanol–water partition coefficient (Wildman–Crippen LogP) is 2.52. The first-order chi connectivity index (χ1) is 6.27. The van der Waals surface area contributed by atoms with Crippen LogP contribution >= 0.6 is 0 Å². The lowest BCUT2D eigenvalue weighted by Gasteiger charge is -2.01. The van der Waals surface area contributed by atoms with Gasteiger partial charge in [0.15, 0.2) is 0 Å². The Morgan fingerprint density at radius 2 is 2.23 bits per heavy atom. The monoisotopic (exact) mass is 176 g/mol. The van der Waals surface area contributed by atoms with Gasteiger partial charge < -0.3 is 4.98 Å². The molecule has 0 saturated carbocycles. The van der Waals surface area contributed by atoms with E-state index in [2.05, 4.69) is 9.97 Å². The Kier molecular flexibility index (Phi) is 1.85. The van der Waals surface area contributed by atoms with Gasteiger partial charge in [-0.1, -0.05) is 6.07 Å². The molecular formula is C10H9FN2. The quantitative estimate of drug-likeness (QED) is 0.710. The van der Waals surface area contributed by atoms with E-state index in [1.807, 2.05) is 6.92 Å². The van der Waals surface area contributed by atoms with Gasteiger partial charge in [0.05, 0.1) is 12.0 Å². The van der Waals surface area contributed by atoms with Crippen molar-refractivity contribution in [3.8, 4) is 11.3 Å². The number of hydrogen-bond donors (Lipinski definition) is 1. The summed E-state index contributed by atoms with van der Waals surface area (Å²) in [4.78, 5) is 6.91. The fourth-order valence-corrected chi connectivity index (χ4v) is 1.28. The topological polar surface area (TPSA) is 28.7 Å². The Bertz CT molecular complexity index is 407. The summed E-state index contributed by atoms with van der Waals surface area (Å²) in [7, 11) is 0. The van der Waals surface area contributed by atoms with Gasteiger partial charge >= 0.3 is 0 Å². The number of hydrogen-bond acceptors (Lipinski definition) is 1. The zero-order chi connectivity index (χ0) is 9.26. The highest BCUT2D eigenvalue weighted by molar-refractivity contribution is 5.62. The van der Waals surface area contributed by atoms with Crippen LogP contribution in [0.25, 0.3) is 11.3 Å². The first-order valence-corrected chi connectivity index (χ1v) is 4.02. The minimum atomic E-state index is -0.233. The Morgan fingerprint density at radius 3 is 2.92 bits per heavy atom. The molecule has 0 bridgehead atoms. The number of nitrogens with one attached hydrogen (secondary N) is 1. The summed E-state index contributed by atoms with van der Waals surface area (Å²) in [5.74, 6) is -0.233. The molecule has 2 aromatic rings. The van der Waals surface area contributed by atoms with E-state index in [1.54, 1.807) is 18.6 Å². The molecule has 0 fully saturated rings. The van der Waals surface area contributed by atoms with Crippen molar-refractivity contribution in [3.63, 3.8) is 0 Å². The van der Waals surface area contributed by atoms with Crippen LogP contribution in [-0.4, -0.2) is 9.97 Å². The Hall–Kier alpha value is -1.64. The standard InChI is InChI=1S/C10H9FN2/c1-7-2-3-8(11)4-9(7)10-5-12-6-13-10/h2-6H,1H3,(H,12,13). The van der Waals surface area contributed by atoms with Crippen molar-refractivity contribution in [2.75, 3.05) is 0 Å². The summed E-state index contributed by atoms with van der Waals surface area (Å²) in [5.41, 5.74) is 2.63. The number of aromatic nitrogens is 2. The van der Waals surface area contributed by atoms with Gasteiger partial charge in [-0.15, -0.1) is 0 Å². The van der Waals surface area contributed by atoms with E-state index in [-0.39, 0.29) is 5.82 Å². The third-order valence-corrected chi connectivity index (χ3v) is 1.97. The summed E-state index contributed by atoms with van der Waals surface area (Å²) in [6.45, 7) is 1.93. The highest BCUT2D eigenvalue weighted by Crippen LogP contribution is 2.21. The molecule has 0 unspecified atom stereocenters. The third kappa shape index (κ3) is 1.45. The zero-order valence-corrected chi connectivity index (χ0v) is 7.21. The number of H-pyrrole nitrogens is 1. The Morgan fingerprint density at radius 1 is 1.38 bits per heavy atom. The molecule has 0 aliphatic heterocycles. The molecule has 2 nitrogen and oxygen atoms in total. The molecule has 1 N–H and O–H groups in total. The number of benzene rings is 1. The number of rotatable bonds is 1. The van der Waals surface area contributed by atoms with E-state index >= 15 is 0 Å². The van der Waals surface area contributed by atoms with E-state index in [0.717, 1.165) is 16.8 Å². The largest absolute Gasteiger partial charge is 0.351 e. The lowest BCUT2D eigenvalue weighted by Crippen LogP contribution is -1.84. The highest BCUT2D eigenvalue weighted by Gasteiger charge is 2.04. The average Bonchev–Trinajstić information content (AvgIpc) is 2.61. The molecule has 0 atom stereocenters. The van der Waals surface area contributed by atoms with Gasteiger partial charge in [-0.3, -0.25) is 0 Å². The first kappa shape index (κ1) is 7.98. The van der Waals surface area contributed by atoms with E-state index in [9.17, 15) is 4.39 Å². The average molecular weight is 176 g/mol. The number of nitrogens with zero attached hydrogens (tertiary/aromatic N) is 1. The van der Waals surface area contributed by atoms with Crippen LogP contribution in [0.2, 0.25) is 0 Å². The molecule has 0 spiro atoms. The fourth-order valence-electron chi connectivity index (χ4n) is 1.28. The Balaban J connectivity index is 2.57. The van der Waals surface area contributed by atoms with Gasteiger partial charge in [-0.25, -0.2) is 9.37 Å². The maximum Gasteiger partial charge on any atom is 0.123 e. The summed E-state index contributed by atoms with van der Waals surface area (Å²) >= 11 is 0. The summed E-state index contributed by atoms with van der Waals surface area (Å²) < 4.78 is 12.9. The van der Waals surface area contributed by atoms with Gasteiger partial charge in [0.2, 0.25) is 0 Å². The summed E-state index contributed by atoms with van der Waals surface area (Å²) in [5, 5.41) is 0. The third-order valence-electron chi connectivity index (χ3n) is 1.97. The van der Waals surface area contributed by atoms with Crippen LogP contribution in [0, 0.1) is 12.7 Å². The van der Waals surface area contributed by atoms with E-state index in [0.29, 0.717) is 0 Å². The summed E-state index contributed by atoms with van der Waals surface area (Å²) in [6, 6.07) is 4.69. The van der Waals surface area contributed by atoms with E-state index < -0.39 is 0 Å². The number of halogens is 1. The molecule has 66 valence electrons. The van der Waals surface area contributed by atoms with Crippen LogP contribution in [0.5, 0.6) is 0 Å². The lowest BCUT2D eigenvalue weighted by molar-refractivity contribution is 0.628. The normalized spacial score (nSPS) is 10.3. The fraction of sp³-hybridized carbons (Fsp3) is 0.100. The molecule has 0 radical (unpaired) electrons. The molecule has 1 aromatic carbocycles. The number of imidazole rings is 1. The van der Waals surface area contributed by atoms with Crippen molar-refractivity contribution in [1.29, 1.82) is 0 Å². The van der Waals surface area contributed by atoms with Crippen LogP contribution in [-0.2, 0) is 0 Å². The van der Waals surface area contributed by atoms with Crippen LogP contribution in [0.3, 0.4) is 0 Å². The molecule has 0 amide bonds. The lowest BCUT2D eigenvalue weighted by atomic mass is 10.1. The SMILES string of the molecule is Cc1ccc(F)cc1-c1c[nH]cn1. The van der Waals surface area contributed by atoms with Crippen molar-refractivity contribution in [3.05, 3.63) is 42.1 Å². The molecule has 2 rings (SSSR count). The maximum atomic E-state index is 12.9. The van der Waals surface area contributed by atoms with Gasteiger partial charge in [0.1, 0.15) is 5.82 Å². The van der Waals surface area contributed by atoms with Crippen LogP contribution in [0.4, 0.5) is 4.39 Å². The van der Waals surface area contributed by atoms with Gasteiger partial charge in [0.25, 0.3) is 0 Å². The smallest absolute Gasteiger partial charge is 0.123 e. The minimum absolute atomic E-state index is 0.233. The van der Waals surface area contributed by atoms with Crippen molar-refractivity contribution in [1.82, 2.24) is 9.97 Å². The van der Waals surface area contributed by atoms with Crippen molar-refractivity contribution in [2.24, 2.45) is 0 Å². The summed E-state index contributed by atoms with van der Waals surface area (Å²) in [6.07, 6.45) is 3.33. The van der Waals surface area contributed by atoms with Crippen molar-refractivity contribution in [2.45, 2.75) is 6.92 Å². The van der Waals surface area contributed by atoms with Gasteiger partial charge in [-0.2, -0.15) is 0 Å². The number of aromatic amines is 1. The molecule has 13 heavy (non-hydrogen) atoms. The second-order valence-electron chi connectivity index (χ2n) is 2.91. The predicted molar refractivity (Wildman–Crippen MR) is 48.7 cm³/mol. The molecule has 0 saturated heterocycles. The second kappa shape index (κ2) is 3.01.